The molecular weight excluding hydrogens is 292 g/mol. The summed E-state index contributed by atoms with van der Waals surface area (Å²) in [7, 11) is 1.76. The van der Waals surface area contributed by atoms with E-state index in [0.717, 1.165) is 5.69 Å². The Bertz CT molecular complexity index is 843. The van der Waals surface area contributed by atoms with Crippen LogP contribution in [-0.2, 0) is 0 Å². The number of hydrogen-bond donors (Lipinski definition) is 1. The Kier molecular flexibility index (Phi) is 3.37. The van der Waals surface area contributed by atoms with Crippen LogP contribution >= 0.6 is 0 Å². The number of ketones is 1. The molecule has 1 N–H and O–H groups in total. The van der Waals surface area contributed by atoms with E-state index in [1.807, 2.05) is 19.9 Å². The summed E-state index contributed by atoms with van der Waals surface area (Å²) in [5, 5.41) is 16.6. The highest BCUT2D eigenvalue weighted by atomic mass is 16.5. The van der Waals surface area contributed by atoms with Gasteiger partial charge < -0.3 is 10.1 Å². The van der Waals surface area contributed by atoms with Gasteiger partial charge in [-0.15, -0.1) is 0 Å². The maximum Gasteiger partial charge on any atom is 0.228 e. The summed E-state index contributed by atoms with van der Waals surface area (Å²) >= 11 is 0. The number of anilines is 1. The van der Waals surface area contributed by atoms with Crippen LogP contribution in [0.3, 0.4) is 0 Å². The predicted molar refractivity (Wildman–Crippen MR) is 86.2 cm³/mol. The highest BCUT2D eigenvalue weighted by molar-refractivity contribution is 6.01. The van der Waals surface area contributed by atoms with Gasteiger partial charge in [0, 0.05) is 7.05 Å². The molecule has 0 amide bonds. The summed E-state index contributed by atoms with van der Waals surface area (Å²) in [5.74, 6) is 0.512. The van der Waals surface area contributed by atoms with Crippen molar-refractivity contribution in [1.82, 2.24) is 9.78 Å². The Morgan fingerprint density at radius 3 is 2.83 bits per heavy atom. The molecule has 6 heteroatoms. The van der Waals surface area contributed by atoms with E-state index in [4.69, 9.17) is 10.00 Å². The Morgan fingerprint density at radius 2 is 2.17 bits per heavy atom. The number of rotatable bonds is 2. The zero-order chi connectivity index (χ0) is 16.8. The first-order valence-electron chi connectivity index (χ1n) is 7.40. The van der Waals surface area contributed by atoms with Crippen LogP contribution in [0.2, 0.25) is 0 Å². The lowest BCUT2D eigenvalue weighted by atomic mass is 9.94. The normalized spacial score (nSPS) is 15.5. The van der Waals surface area contributed by atoms with E-state index in [1.165, 1.54) is 0 Å². The lowest BCUT2D eigenvalue weighted by molar-refractivity contribution is 0.0579. The highest BCUT2D eigenvalue weighted by Crippen LogP contribution is 2.37. The van der Waals surface area contributed by atoms with Gasteiger partial charge in [0.15, 0.2) is 5.78 Å². The Balaban J connectivity index is 2.18. The summed E-state index contributed by atoms with van der Waals surface area (Å²) in [6.45, 7) is 5.58. The summed E-state index contributed by atoms with van der Waals surface area (Å²) in [4.78, 5) is 12.4. The van der Waals surface area contributed by atoms with Crippen LogP contribution in [0.15, 0.2) is 18.2 Å². The molecule has 0 fully saturated rings. The second-order valence-electron chi connectivity index (χ2n) is 6.23. The molecule has 1 aliphatic heterocycles. The SMILES string of the molecule is CNc1cc(-n2nc(C)c3c2OC(C)(C)CC3=O)ccc1C#N. The van der Waals surface area contributed by atoms with Crippen LogP contribution in [0, 0.1) is 18.3 Å². The van der Waals surface area contributed by atoms with Gasteiger partial charge in [-0.25, -0.2) is 4.68 Å². The lowest BCUT2D eigenvalue weighted by Gasteiger charge is -2.30. The van der Waals surface area contributed by atoms with Gasteiger partial charge in [-0.2, -0.15) is 10.4 Å². The monoisotopic (exact) mass is 310 g/mol. The number of aromatic nitrogens is 2. The molecule has 0 aliphatic carbocycles. The third kappa shape index (κ3) is 2.44. The van der Waals surface area contributed by atoms with Crippen LogP contribution < -0.4 is 10.1 Å². The van der Waals surface area contributed by atoms with Gasteiger partial charge in [0.1, 0.15) is 17.2 Å². The van der Waals surface area contributed by atoms with Gasteiger partial charge in [-0.3, -0.25) is 4.79 Å². The van der Waals surface area contributed by atoms with Gasteiger partial charge in [-0.05, 0) is 39.0 Å². The molecule has 23 heavy (non-hydrogen) atoms. The van der Waals surface area contributed by atoms with Crippen molar-refractivity contribution in [3.8, 4) is 17.6 Å². The highest BCUT2D eigenvalue weighted by Gasteiger charge is 2.37. The smallest absolute Gasteiger partial charge is 0.228 e. The number of ether oxygens (including phenoxy) is 1. The van der Waals surface area contributed by atoms with E-state index in [9.17, 15) is 4.79 Å². The van der Waals surface area contributed by atoms with Gasteiger partial charge in [0.05, 0.1) is 29.1 Å². The number of hydrogen-bond acceptors (Lipinski definition) is 5. The molecule has 2 heterocycles. The summed E-state index contributed by atoms with van der Waals surface area (Å²) < 4.78 is 7.65. The molecule has 0 radical (unpaired) electrons. The number of carbonyl (C=O) groups excluding carboxylic acids is 1. The maximum absolute atomic E-state index is 12.4. The van der Waals surface area contributed by atoms with Crippen molar-refractivity contribution in [2.24, 2.45) is 0 Å². The van der Waals surface area contributed by atoms with E-state index >= 15 is 0 Å². The number of Topliss-reactive ketones (excluding diaryl/α,β-unsaturated/α-hetero) is 1. The van der Waals surface area contributed by atoms with Crippen molar-refractivity contribution in [2.45, 2.75) is 32.8 Å². The minimum Gasteiger partial charge on any atom is -0.471 e. The Hall–Kier alpha value is -2.81. The summed E-state index contributed by atoms with van der Waals surface area (Å²) in [6, 6.07) is 7.47. The van der Waals surface area contributed by atoms with Crippen LogP contribution in [-0.4, -0.2) is 28.2 Å². The van der Waals surface area contributed by atoms with Gasteiger partial charge >= 0.3 is 0 Å². The standard InChI is InChI=1S/C17H18N4O2/c1-10-15-14(22)8-17(2,3)23-16(15)21(20-10)12-6-5-11(9-18)13(7-12)19-4/h5-7,19H,8H2,1-4H3. The van der Waals surface area contributed by atoms with Crippen LogP contribution in [0.25, 0.3) is 5.69 Å². The molecule has 3 rings (SSSR count). The number of nitrogens with one attached hydrogen (secondary N) is 1. The van der Waals surface area contributed by atoms with Crippen molar-refractivity contribution < 1.29 is 9.53 Å². The summed E-state index contributed by atoms with van der Waals surface area (Å²) in [5.41, 5.74) is 2.62. The van der Waals surface area contributed by atoms with E-state index in [0.29, 0.717) is 34.8 Å². The van der Waals surface area contributed by atoms with Gasteiger partial charge in [0.25, 0.3) is 0 Å². The van der Waals surface area contributed by atoms with E-state index < -0.39 is 5.60 Å². The molecule has 1 aromatic carbocycles. The number of benzene rings is 1. The van der Waals surface area contributed by atoms with Crippen molar-refractivity contribution >= 4 is 11.5 Å². The van der Waals surface area contributed by atoms with Crippen molar-refractivity contribution in [3.05, 3.63) is 35.0 Å². The van der Waals surface area contributed by atoms with Crippen molar-refractivity contribution in [3.63, 3.8) is 0 Å². The summed E-state index contributed by atoms with van der Waals surface area (Å²) in [6.07, 6.45) is 0.335. The average Bonchev–Trinajstić information content (AvgIpc) is 2.82. The Labute approximate surface area is 134 Å². The van der Waals surface area contributed by atoms with Gasteiger partial charge in [-0.1, -0.05) is 0 Å². The number of carbonyl (C=O) groups is 1. The molecule has 1 aliphatic rings. The zero-order valence-electron chi connectivity index (χ0n) is 13.6. The van der Waals surface area contributed by atoms with E-state index in [1.54, 1.807) is 30.8 Å². The minimum absolute atomic E-state index is 0.0440. The average molecular weight is 310 g/mol. The first-order chi connectivity index (χ1) is 10.9. The molecule has 0 bridgehead atoms. The lowest BCUT2D eigenvalue weighted by Crippen LogP contribution is -2.36. The second kappa shape index (κ2) is 5.13. The molecule has 0 spiro atoms. The fourth-order valence-corrected chi connectivity index (χ4v) is 2.84. The molecule has 118 valence electrons. The first kappa shape index (κ1) is 15.1. The molecule has 0 unspecified atom stereocenters. The molecule has 1 aromatic heterocycles. The molecule has 6 nitrogen and oxygen atoms in total. The fraction of sp³-hybridized carbons (Fsp3) is 0.353. The largest absolute Gasteiger partial charge is 0.471 e. The number of nitriles is 1. The molecule has 0 atom stereocenters. The van der Waals surface area contributed by atoms with E-state index in [2.05, 4.69) is 16.5 Å². The third-order valence-corrected chi connectivity index (χ3v) is 3.89. The number of fused-ring (bicyclic) bond motifs is 1. The zero-order valence-corrected chi connectivity index (χ0v) is 13.6. The molecule has 0 saturated carbocycles. The van der Waals surface area contributed by atoms with Gasteiger partial charge in [0.2, 0.25) is 5.88 Å². The topological polar surface area (TPSA) is 79.9 Å². The first-order valence-corrected chi connectivity index (χ1v) is 7.40. The van der Waals surface area contributed by atoms with Crippen molar-refractivity contribution in [1.29, 1.82) is 5.26 Å². The quantitative estimate of drug-likeness (QED) is 0.922. The maximum atomic E-state index is 12.4. The van der Waals surface area contributed by atoms with Crippen LogP contribution in [0.1, 0.15) is 41.9 Å². The molecular formula is C17H18N4O2. The van der Waals surface area contributed by atoms with Crippen LogP contribution in [0.5, 0.6) is 5.88 Å². The van der Waals surface area contributed by atoms with Crippen molar-refractivity contribution in [2.75, 3.05) is 12.4 Å². The fourth-order valence-electron chi connectivity index (χ4n) is 2.84. The second-order valence-corrected chi connectivity index (χ2v) is 6.23. The van der Waals surface area contributed by atoms with Crippen LogP contribution in [0.4, 0.5) is 5.69 Å². The number of aryl methyl sites for hydroxylation is 1. The predicted octanol–water partition coefficient (Wildman–Crippen LogP) is 2.84. The number of nitrogens with zero attached hydrogens (tertiary/aromatic N) is 3. The third-order valence-electron chi connectivity index (χ3n) is 3.89. The molecule has 0 saturated heterocycles. The minimum atomic E-state index is -0.563. The van der Waals surface area contributed by atoms with E-state index in [-0.39, 0.29) is 5.78 Å². The Morgan fingerprint density at radius 1 is 1.43 bits per heavy atom. The molecule has 2 aromatic rings.